The molecule has 0 saturated heterocycles. The topological polar surface area (TPSA) is 29.5 Å². The number of carbonyl (C=O) groups excluding carboxylic acids is 1. The molecule has 1 aliphatic rings. The molecule has 3 heteroatoms. The van der Waals surface area contributed by atoms with Gasteiger partial charge in [-0.05, 0) is 54.5 Å². The monoisotopic (exact) mass is 393 g/mol. The number of amides is 1. The van der Waals surface area contributed by atoms with Crippen molar-refractivity contribution in [1.29, 1.82) is 0 Å². The number of hydrogen-bond donors (Lipinski definition) is 0. The Bertz CT molecular complexity index is 888. The van der Waals surface area contributed by atoms with E-state index in [0.29, 0.717) is 12.3 Å². The lowest BCUT2D eigenvalue weighted by molar-refractivity contribution is -0.120. The van der Waals surface area contributed by atoms with Gasteiger partial charge in [0.2, 0.25) is 5.91 Å². The molecule has 3 nitrogen and oxygen atoms in total. The third-order valence-electron chi connectivity index (χ3n) is 5.75. The molecule has 0 radical (unpaired) electrons. The maximum atomic E-state index is 12.7. The summed E-state index contributed by atoms with van der Waals surface area (Å²) in [5.74, 6) is 1.69. The van der Waals surface area contributed by atoms with E-state index in [2.05, 4.69) is 78.8 Å². The normalized spacial score (nSPS) is 17.8. The minimum absolute atomic E-state index is 0.0339. The lowest BCUT2D eigenvalue weighted by atomic mass is 9.80. The Balaban J connectivity index is 1.96. The number of rotatable bonds is 4. The van der Waals surface area contributed by atoms with Crippen LogP contribution in [0.1, 0.15) is 83.4 Å². The van der Waals surface area contributed by atoms with Crippen molar-refractivity contribution < 1.29 is 9.53 Å². The summed E-state index contributed by atoms with van der Waals surface area (Å²) in [6.07, 6.45) is 0.517. The van der Waals surface area contributed by atoms with Crippen molar-refractivity contribution in [3.63, 3.8) is 0 Å². The van der Waals surface area contributed by atoms with Crippen LogP contribution in [0.2, 0.25) is 0 Å². The van der Waals surface area contributed by atoms with Crippen LogP contribution in [0.3, 0.4) is 0 Å². The molecule has 2 aromatic carbocycles. The van der Waals surface area contributed by atoms with Gasteiger partial charge in [0.1, 0.15) is 11.4 Å². The Kier molecular flexibility index (Phi) is 5.55. The lowest BCUT2D eigenvalue weighted by Crippen LogP contribution is -2.31. The number of ether oxygens (including phenoxy) is 1. The molecule has 0 aromatic heterocycles. The summed E-state index contributed by atoms with van der Waals surface area (Å²) in [6.45, 7) is 15.0. The van der Waals surface area contributed by atoms with Crippen LogP contribution >= 0.6 is 0 Å². The zero-order chi connectivity index (χ0) is 21.6. The van der Waals surface area contributed by atoms with Gasteiger partial charge in [0.25, 0.3) is 0 Å². The van der Waals surface area contributed by atoms with Crippen LogP contribution in [-0.4, -0.2) is 18.6 Å². The summed E-state index contributed by atoms with van der Waals surface area (Å²) in [7, 11) is 1.86. The second-order valence-corrected chi connectivity index (χ2v) is 10.4. The first kappa shape index (κ1) is 21.4. The van der Waals surface area contributed by atoms with Gasteiger partial charge in [-0.2, -0.15) is 0 Å². The molecule has 2 aromatic rings. The molecule has 0 N–H and O–H groups in total. The van der Waals surface area contributed by atoms with Crippen LogP contribution in [0.25, 0.3) is 0 Å². The first-order valence-corrected chi connectivity index (χ1v) is 10.6. The van der Waals surface area contributed by atoms with Gasteiger partial charge in [-0.25, -0.2) is 0 Å². The molecule has 1 amide bonds. The Morgan fingerprint density at radius 3 is 2.28 bits per heavy atom. The summed E-state index contributed by atoms with van der Waals surface area (Å²) in [5.41, 5.74) is 4.29. The number of fused-ring (bicyclic) bond motifs is 1. The average Bonchev–Trinajstić information content (AvgIpc) is 2.88. The fourth-order valence-electron chi connectivity index (χ4n) is 4.15. The van der Waals surface area contributed by atoms with E-state index < -0.39 is 0 Å². The zero-order valence-electron chi connectivity index (χ0n) is 19.2. The zero-order valence-corrected chi connectivity index (χ0v) is 19.2. The van der Waals surface area contributed by atoms with Crippen molar-refractivity contribution in [2.45, 2.75) is 72.3 Å². The Hall–Kier alpha value is -2.29. The molecule has 156 valence electrons. The van der Waals surface area contributed by atoms with Crippen molar-refractivity contribution in [3.05, 3.63) is 59.2 Å². The predicted octanol–water partition coefficient (Wildman–Crippen LogP) is 6.51. The molecule has 29 heavy (non-hydrogen) atoms. The van der Waals surface area contributed by atoms with Crippen molar-refractivity contribution >= 4 is 11.6 Å². The summed E-state index contributed by atoms with van der Waals surface area (Å²) >= 11 is 0. The quantitative estimate of drug-likeness (QED) is 0.592. The molecule has 1 atom stereocenters. The SMILES string of the molecule is CC(C)c1ccc(C2c3cc(N(C)C(=O)CC(C)(C)C)ccc3OC2(C)C)cc1. The molecule has 1 aliphatic heterocycles. The van der Waals surface area contributed by atoms with Gasteiger partial charge in [0.05, 0.1) is 5.92 Å². The number of carbonyl (C=O) groups is 1. The summed E-state index contributed by atoms with van der Waals surface area (Å²) < 4.78 is 6.31. The van der Waals surface area contributed by atoms with E-state index in [4.69, 9.17) is 4.74 Å². The average molecular weight is 394 g/mol. The second-order valence-electron chi connectivity index (χ2n) is 10.4. The second kappa shape index (κ2) is 7.51. The minimum Gasteiger partial charge on any atom is -0.487 e. The standard InChI is InChI=1S/C26H35NO2/c1-17(2)18-9-11-19(12-10-18)24-21-15-20(13-14-22(21)29-26(24,6)7)27(8)23(28)16-25(3,4)5/h9-15,17,24H,16H2,1-8H3. The van der Waals surface area contributed by atoms with E-state index in [0.717, 1.165) is 17.0 Å². The summed E-state index contributed by atoms with van der Waals surface area (Å²) in [4.78, 5) is 14.5. The maximum absolute atomic E-state index is 12.7. The fourth-order valence-corrected chi connectivity index (χ4v) is 4.15. The van der Waals surface area contributed by atoms with Gasteiger partial charge in [-0.3, -0.25) is 4.79 Å². The smallest absolute Gasteiger partial charge is 0.227 e. The summed E-state index contributed by atoms with van der Waals surface area (Å²) in [5, 5.41) is 0. The number of anilines is 1. The van der Waals surface area contributed by atoms with Crippen molar-refractivity contribution in [2.24, 2.45) is 5.41 Å². The van der Waals surface area contributed by atoms with Crippen LogP contribution in [0.5, 0.6) is 5.75 Å². The molecule has 0 aliphatic carbocycles. The predicted molar refractivity (Wildman–Crippen MR) is 121 cm³/mol. The molecular weight excluding hydrogens is 358 g/mol. The van der Waals surface area contributed by atoms with Crippen molar-refractivity contribution in [2.75, 3.05) is 11.9 Å². The van der Waals surface area contributed by atoms with E-state index in [1.807, 2.05) is 19.2 Å². The van der Waals surface area contributed by atoms with E-state index >= 15 is 0 Å². The third-order valence-corrected chi connectivity index (χ3v) is 5.75. The largest absolute Gasteiger partial charge is 0.487 e. The van der Waals surface area contributed by atoms with Gasteiger partial charge >= 0.3 is 0 Å². The molecule has 1 heterocycles. The third kappa shape index (κ3) is 4.49. The van der Waals surface area contributed by atoms with Crippen LogP contribution in [-0.2, 0) is 4.79 Å². The van der Waals surface area contributed by atoms with Crippen LogP contribution in [0.15, 0.2) is 42.5 Å². The molecule has 3 rings (SSSR count). The molecule has 0 spiro atoms. The highest BCUT2D eigenvalue weighted by Crippen LogP contribution is 2.49. The highest BCUT2D eigenvalue weighted by molar-refractivity contribution is 5.93. The summed E-state index contributed by atoms with van der Waals surface area (Å²) in [6, 6.07) is 15.0. The fraction of sp³-hybridized carbons (Fsp3) is 0.500. The Morgan fingerprint density at radius 1 is 1.10 bits per heavy atom. The minimum atomic E-state index is -0.339. The lowest BCUT2D eigenvalue weighted by Gasteiger charge is -2.27. The van der Waals surface area contributed by atoms with Gasteiger partial charge in [-0.15, -0.1) is 0 Å². The molecule has 1 unspecified atom stereocenters. The maximum Gasteiger partial charge on any atom is 0.227 e. The Morgan fingerprint density at radius 2 is 1.72 bits per heavy atom. The highest BCUT2D eigenvalue weighted by Gasteiger charge is 2.42. The van der Waals surface area contributed by atoms with Crippen LogP contribution < -0.4 is 9.64 Å². The van der Waals surface area contributed by atoms with Crippen LogP contribution in [0.4, 0.5) is 5.69 Å². The van der Waals surface area contributed by atoms with Crippen molar-refractivity contribution in [3.8, 4) is 5.75 Å². The number of benzene rings is 2. The van der Waals surface area contributed by atoms with Gasteiger partial charge in [0.15, 0.2) is 0 Å². The van der Waals surface area contributed by atoms with Gasteiger partial charge < -0.3 is 9.64 Å². The molecular formula is C26H35NO2. The van der Waals surface area contributed by atoms with Gasteiger partial charge in [-0.1, -0.05) is 58.9 Å². The molecule has 0 fully saturated rings. The number of nitrogens with zero attached hydrogens (tertiary/aromatic N) is 1. The number of hydrogen-bond acceptors (Lipinski definition) is 2. The Labute approximate surface area is 176 Å². The first-order chi connectivity index (χ1) is 13.4. The first-order valence-electron chi connectivity index (χ1n) is 10.6. The van der Waals surface area contributed by atoms with Crippen LogP contribution in [0, 0.1) is 5.41 Å². The highest BCUT2D eigenvalue weighted by atomic mass is 16.5. The molecule has 0 saturated carbocycles. The van der Waals surface area contributed by atoms with E-state index in [1.54, 1.807) is 4.90 Å². The van der Waals surface area contributed by atoms with Gasteiger partial charge in [0, 0.05) is 24.7 Å². The molecule has 0 bridgehead atoms. The van der Waals surface area contributed by atoms with E-state index in [1.165, 1.54) is 11.1 Å². The van der Waals surface area contributed by atoms with Crippen molar-refractivity contribution in [1.82, 2.24) is 0 Å². The van der Waals surface area contributed by atoms with E-state index in [-0.39, 0.29) is 22.8 Å². The van der Waals surface area contributed by atoms with E-state index in [9.17, 15) is 4.79 Å².